The van der Waals surface area contributed by atoms with Crippen LogP contribution < -0.4 is 5.73 Å². The Hall–Kier alpha value is -1.27. The molecule has 6 heteroatoms. The van der Waals surface area contributed by atoms with Gasteiger partial charge in [0.2, 0.25) is 5.89 Å². The summed E-state index contributed by atoms with van der Waals surface area (Å²) >= 11 is 1.64. The van der Waals surface area contributed by atoms with E-state index in [0.717, 1.165) is 23.5 Å². The van der Waals surface area contributed by atoms with Crippen LogP contribution in [0, 0.1) is 6.92 Å². The highest BCUT2D eigenvalue weighted by Gasteiger charge is 2.27. The highest BCUT2D eigenvalue weighted by Crippen LogP contribution is 2.30. The molecule has 2 aromatic heterocycles. The molecule has 2 N–H and O–H groups in total. The van der Waals surface area contributed by atoms with Gasteiger partial charge in [-0.1, -0.05) is 24.4 Å². The van der Waals surface area contributed by atoms with Gasteiger partial charge in [0.1, 0.15) is 5.01 Å². The van der Waals surface area contributed by atoms with Gasteiger partial charge in [-0.2, -0.15) is 4.98 Å². The van der Waals surface area contributed by atoms with Crippen LogP contribution in [0.15, 0.2) is 9.90 Å². The first kappa shape index (κ1) is 13.7. The van der Waals surface area contributed by atoms with Gasteiger partial charge in [-0.05, 0) is 19.8 Å². The number of aryl methyl sites for hydroxylation is 1. The van der Waals surface area contributed by atoms with Gasteiger partial charge >= 0.3 is 0 Å². The second-order valence-corrected chi connectivity index (χ2v) is 6.46. The average Bonchev–Trinajstić information content (AvgIpc) is 2.98. The highest BCUT2D eigenvalue weighted by atomic mass is 32.1. The van der Waals surface area contributed by atoms with Crippen LogP contribution in [0.3, 0.4) is 0 Å². The van der Waals surface area contributed by atoms with E-state index in [9.17, 15) is 0 Å². The Bertz CT molecular complexity index is 565. The maximum absolute atomic E-state index is 6.24. The van der Waals surface area contributed by atoms with Gasteiger partial charge in [-0.3, -0.25) is 0 Å². The van der Waals surface area contributed by atoms with Crippen LogP contribution in [0.1, 0.15) is 60.4 Å². The summed E-state index contributed by atoms with van der Waals surface area (Å²) in [4.78, 5) is 8.97. The van der Waals surface area contributed by atoms with Gasteiger partial charge in [0.25, 0.3) is 0 Å². The maximum atomic E-state index is 6.24. The quantitative estimate of drug-likeness (QED) is 0.880. The molecule has 2 aromatic rings. The summed E-state index contributed by atoms with van der Waals surface area (Å²) in [5, 5.41) is 7.15. The molecule has 0 aromatic carbocycles. The van der Waals surface area contributed by atoms with E-state index in [2.05, 4.69) is 15.1 Å². The molecular formula is C14H20N4OS. The van der Waals surface area contributed by atoms with Gasteiger partial charge in [-0.15, -0.1) is 11.3 Å². The predicted octanol–water partition coefficient (Wildman–Crippen LogP) is 2.80. The molecule has 5 nitrogen and oxygen atoms in total. The third-order valence-corrected chi connectivity index (χ3v) is 4.81. The van der Waals surface area contributed by atoms with E-state index in [-0.39, 0.29) is 12.0 Å². The Morgan fingerprint density at radius 3 is 2.95 bits per heavy atom. The summed E-state index contributed by atoms with van der Waals surface area (Å²) in [7, 11) is 0. The van der Waals surface area contributed by atoms with Gasteiger partial charge in [0.15, 0.2) is 5.82 Å². The van der Waals surface area contributed by atoms with Crippen molar-refractivity contribution in [3.63, 3.8) is 0 Å². The molecule has 1 fully saturated rings. The Morgan fingerprint density at radius 2 is 2.15 bits per heavy atom. The van der Waals surface area contributed by atoms with Gasteiger partial charge in [0, 0.05) is 17.1 Å². The van der Waals surface area contributed by atoms with Crippen molar-refractivity contribution in [3.05, 3.63) is 27.8 Å². The van der Waals surface area contributed by atoms with Crippen molar-refractivity contribution < 1.29 is 4.52 Å². The molecule has 1 saturated carbocycles. The molecule has 1 aliphatic rings. The minimum Gasteiger partial charge on any atom is -0.339 e. The molecule has 1 aliphatic carbocycles. The van der Waals surface area contributed by atoms with Crippen LogP contribution in [0.5, 0.6) is 0 Å². The van der Waals surface area contributed by atoms with E-state index in [0.29, 0.717) is 18.1 Å². The molecule has 0 bridgehead atoms. The standard InChI is InChI=1S/C14H20N4OS/c1-9-8-20-13(16-9)7-12-17-14(19-18-12)10-5-3-2-4-6-11(10)15/h8,10-11H,2-7,15H2,1H3. The van der Waals surface area contributed by atoms with Crippen LogP contribution in [0.25, 0.3) is 0 Å². The number of nitrogens with two attached hydrogens (primary N) is 1. The van der Waals surface area contributed by atoms with E-state index < -0.39 is 0 Å². The van der Waals surface area contributed by atoms with Crippen LogP contribution in [0.2, 0.25) is 0 Å². The molecule has 0 spiro atoms. The zero-order chi connectivity index (χ0) is 13.9. The largest absolute Gasteiger partial charge is 0.339 e. The van der Waals surface area contributed by atoms with Crippen LogP contribution in [-0.4, -0.2) is 21.2 Å². The maximum Gasteiger partial charge on any atom is 0.231 e. The zero-order valence-electron chi connectivity index (χ0n) is 11.7. The Kier molecular flexibility index (Phi) is 4.12. The fraction of sp³-hybridized carbons (Fsp3) is 0.643. The number of rotatable bonds is 3. The molecule has 2 unspecified atom stereocenters. The summed E-state index contributed by atoms with van der Waals surface area (Å²) in [5.74, 6) is 1.64. The van der Waals surface area contributed by atoms with Crippen molar-refractivity contribution in [2.24, 2.45) is 5.73 Å². The van der Waals surface area contributed by atoms with Crippen molar-refractivity contribution in [1.29, 1.82) is 0 Å². The Labute approximate surface area is 122 Å². The summed E-state index contributed by atoms with van der Waals surface area (Å²) in [5.41, 5.74) is 7.28. The number of nitrogens with zero attached hydrogens (tertiary/aromatic N) is 3. The lowest BCUT2D eigenvalue weighted by Gasteiger charge is -2.16. The predicted molar refractivity (Wildman–Crippen MR) is 77.8 cm³/mol. The van der Waals surface area contributed by atoms with Gasteiger partial charge in [0.05, 0.1) is 12.3 Å². The van der Waals surface area contributed by atoms with Crippen molar-refractivity contribution in [2.75, 3.05) is 0 Å². The highest BCUT2D eigenvalue weighted by molar-refractivity contribution is 7.09. The molecule has 0 saturated heterocycles. The number of hydrogen-bond acceptors (Lipinski definition) is 6. The molecule has 3 rings (SSSR count). The first-order valence-corrected chi connectivity index (χ1v) is 8.09. The van der Waals surface area contributed by atoms with Crippen molar-refractivity contribution in [1.82, 2.24) is 15.1 Å². The SMILES string of the molecule is Cc1csc(Cc2noc(C3CCCCCC3N)n2)n1. The van der Waals surface area contributed by atoms with Crippen LogP contribution in [0.4, 0.5) is 0 Å². The molecule has 0 amide bonds. The third kappa shape index (κ3) is 3.07. The first-order chi connectivity index (χ1) is 9.72. The second kappa shape index (κ2) is 6.01. The fourth-order valence-electron chi connectivity index (χ4n) is 2.75. The molecule has 108 valence electrons. The topological polar surface area (TPSA) is 77.8 Å². The normalized spacial score (nSPS) is 23.7. The van der Waals surface area contributed by atoms with Gasteiger partial charge < -0.3 is 10.3 Å². The van der Waals surface area contributed by atoms with E-state index in [1.54, 1.807) is 11.3 Å². The molecule has 2 heterocycles. The molecule has 2 atom stereocenters. The Balaban J connectivity index is 1.72. The van der Waals surface area contributed by atoms with Crippen molar-refractivity contribution in [3.8, 4) is 0 Å². The van der Waals surface area contributed by atoms with E-state index in [1.165, 1.54) is 19.3 Å². The van der Waals surface area contributed by atoms with E-state index in [4.69, 9.17) is 10.3 Å². The molecule has 0 aliphatic heterocycles. The van der Waals surface area contributed by atoms with E-state index in [1.807, 2.05) is 12.3 Å². The van der Waals surface area contributed by atoms with Gasteiger partial charge in [-0.25, -0.2) is 4.98 Å². The minimum atomic E-state index is 0.146. The average molecular weight is 292 g/mol. The Morgan fingerprint density at radius 1 is 1.30 bits per heavy atom. The monoisotopic (exact) mass is 292 g/mol. The van der Waals surface area contributed by atoms with Crippen molar-refractivity contribution in [2.45, 2.75) is 57.4 Å². The van der Waals surface area contributed by atoms with Crippen LogP contribution in [-0.2, 0) is 6.42 Å². The number of hydrogen-bond donors (Lipinski definition) is 1. The molecular weight excluding hydrogens is 272 g/mol. The number of aromatic nitrogens is 3. The second-order valence-electron chi connectivity index (χ2n) is 5.52. The number of thiazole rings is 1. The van der Waals surface area contributed by atoms with E-state index >= 15 is 0 Å². The van der Waals surface area contributed by atoms with Crippen molar-refractivity contribution >= 4 is 11.3 Å². The summed E-state index contributed by atoms with van der Waals surface area (Å²) in [6.45, 7) is 1.99. The molecule has 20 heavy (non-hydrogen) atoms. The lowest BCUT2D eigenvalue weighted by atomic mass is 9.95. The zero-order valence-corrected chi connectivity index (χ0v) is 12.5. The fourth-order valence-corrected chi connectivity index (χ4v) is 3.52. The third-order valence-electron chi connectivity index (χ3n) is 3.85. The smallest absolute Gasteiger partial charge is 0.231 e. The summed E-state index contributed by atoms with van der Waals surface area (Å²) in [6.07, 6.45) is 6.40. The summed E-state index contributed by atoms with van der Waals surface area (Å²) < 4.78 is 5.44. The van der Waals surface area contributed by atoms with Crippen LogP contribution >= 0.6 is 11.3 Å². The molecule has 0 radical (unpaired) electrons. The summed E-state index contributed by atoms with van der Waals surface area (Å²) in [6, 6.07) is 0.146. The minimum absolute atomic E-state index is 0.146. The lowest BCUT2D eigenvalue weighted by molar-refractivity contribution is 0.323. The lowest BCUT2D eigenvalue weighted by Crippen LogP contribution is -2.27. The first-order valence-electron chi connectivity index (χ1n) is 7.21.